The van der Waals surface area contributed by atoms with Crippen LogP contribution in [-0.4, -0.2) is 43.1 Å². The molecule has 0 saturated heterocycles. The van der Waals surface area contributed by atoms with Crippen LogP contribution in [0.2, 0.25) is 0 Å². The first-order valence-corrected chi connectivity index (χ1v) is 21.0. The van der Waals surface area contributed by atoms with Crippen LogP contribution >= 0.6 is 0 Å². The van der Waals surface area contributed by atoms with Crippen LogP contribution in [0.15, 0.2) is 107 Å². The van der Waals surface area contributed by atoms with Crippen LogP contribution < -0.4 is 18.1 Å². The first kappa shape index (κ1) is 26.6. The maximum absolute atomic E-state index is 12.6. The molecule has 0 atom stereocenters. The summed E-state index contributed by atoms with van der Waals surface area (Å²) in [6.07, 6.45) is 0. The molecule has 36 heavy (non-hydrogen) atoms. The van der Waals surface area contributed by atoms with E-state index in [2.05, 4.69) is 9.44 Å². The summed E-state index contributed by atoms with van der Waals surface area (Å²) in [5, 5.41) is 0. The second kappa shape index (κ2) is 11.3. The molecule has 184 valence electrons. The number of hydrogen-bond acceptors (Lipinski definition) is 4. The van der Waals surface area contributed by atoms with Gasteiger partial charge in [0.25, 0.3) is 0 Å². The van der Waals surface area contributed by atoms with Gasteiger partial charge in [-0.1, -0.05) is 0 Å². The fourth-order valence-electron chi connectivity index (χ4n) is 3.17. The molecular weight excluding hydrogens is 618 g/mol. The van der Waals surface area contributed by atoms with E-state index in [1.165, 1.54) is 8.70 Å². The van der Waals surface area contributed by atoms with Gasteiger partial charge in [-0.25, -0.2) is 0 Å². The van der Waals surface area contributed by atoms with Crippen molar-refractivity contribution in [3.63, 3.8) is 0 Å². The summed E-state index contributed by atoms with van der Waals surface area (Å²) in [5.41, 5.74) is 3.06. The fraction of sp³-hybridized carbons (Fsp3) is 0.0769. The molecule has 4 rings (SSSR count). The number of anilines is 2. The third-order valence-corrected chi connectivity index (χ3v) is 16.5. The summed E-state index contributed by atoms with van der Waals surface area (Å²) < 4.78 is 58.0. The molecule has 4 aromatic carbocycles. The van der Waals surface area contributed by atoms with Crippen LogP contribution in [0, 0.1) is 13.8 Å². The Balaban J connectivity index is 1.39. The summed E-state index contributed by atoms with van der Waals surface area (Å²) in [7, 11) is -7.24. The maximum atomic E-state index is 12.6. The molecule has 0 spiro atoms. The molecule has 0 saturated carbocycles. The zero-order chi connectivity index (χ0) is 25.8. The van der Waals surface area contributed by atoms with Crippen molar-refractivity contribution in [3.05, 3.63) is 108 Å². The first-order valence-electron chi connectivity index (χ1n) is 10.9. The normalized spacial score (nSPS) is 11.9. The number of rotatable bonds is 8. The monoisotopic (exact) mass is 642 g/mol. The van der Waals surface area contributed by atoms with Gasteiger partial charge in [-0.15, -0.1) is 0 Å². The van der Waals surface area contributed by atoms with Gasteiger partial charge < -0.3 is 0 Å². The molecule has 0 bridgehead atoms. The molecule has 0 fully saturated rings. The fourth-order valence-corrected chi connectivity index (χ4v) is 12.4. The zero-order valence-electron chi connectivity index (χ0n) is 19.6. The van der Waals surface area contributed by atoms with E-state index >= 15 is 0 Å². The van der Waals surface area contributed by atoms with Gasteiger partial charge in [0.2, 0.25) is 0 Å². The molecule has 0 aromatic heterocycles. The topological polar surface area (TPSA) is 92.3 Å². The summed E-state index contributed by atoms with van der Waals surface area (Å²) in [6.45, 7) is 3.82. The second-order valence-corrected chi connectivity index (χ2v) is 18.9. The van der Waals surface area contributed by atoms with Crippen LogP contribution in [0.25, 0.3) is 0 Å². The Morgan fingerprint density at radius 3 is 1.08 bits per heavy atom. The van der Waals surface area contributed by atoms with Gasteiger partial charge in [0, 0.05) is 0 Å². The molecule has 4 aromatic rings. The van der Waals surface area contributed by atoms with Crippen molar-refractivity contribution in [2.75, 3.05) is 9.44 Å². The molecule has 0 unspecified atom stereocenters. The Bertz CT molecular complexity index is 1460. The molecule has 0 amide bonds. The Labute approximate surface area is 223 Å². The summed E-state index contributed by atoms with van der Waals surface area (Å²) in [4.78, 5) is 0.469. The van der Waals surface area contributed by atoms with E-state index in [0.717, 1.165) is 11.1 Å². The third kappa shape index (κ3) is 7.04. The molecule has 0 aliphatic carbocycles. The Kier molecular flexibility index (Phi) is 8.31. The summed E-state index contributed by atoms with van der Waals surface area (Å²) in [5.74, 6) is 0. The first-order chi connectivity index (χ1) is 17.1. The minimum atomic E-state index is -3.62. The van der Waals surface area contributed by atoms with Gasteiger partial charge in [-0.3, -0.25) is 0 Å². The van der Waals surface area contributed by atoms with Gasteiger partial charge in [0.1, 0.15) is 0 Å². The molecule has 0 aliphatic heterocycles. The molecule has 0 heterocycles. The number of aryl methyl sites for hydroxylation is 2. The standard InChI is InChI=1S/C26H24As2N2O4S2/c1-19-3-15-25(16-4-19)35(31,32)29-23-11-7-21(8-12-23)27-28-22-9-13-24(14-10-22)30-36(33,34)26-17-5-20(2)6-18-26/h3-18,29-30H,1-2H3. The second-order valence-electron chi connectivity index (χ2n) is 8.13. The summed E-state index contributed by atoms with van der Waals surface area (Å²) >= 11 is -0.167. The van der Waals surface area contributed by atoms with Crippen molar-refractivity contribution in [3.8, 4) is 0 Å². The zero-order valence-corrected chi connectivity index (χ0v) is 25.0. The van der Waals surface area contributed by atoms with Crippen LogP contribution in [0.4, 0.5) is 11.4 Å². The Hall–Kier alpha value is -2.50. The predicted octanol–water partition coefficient (Wildman–Crippen LogP) is 3.18. The molecule has 2 N–H and O–H groups in total. The Morgan fingerprint density at radius 1 is 0.472 bits per heavy atom. The van der Waals surface area contributed by atoms with E-state index < -0.39 is 20.0 Å². The van der Waals surface area contributed by atoms with E-state index in [0.29, 0.717) is 11.4 Å². The number of sulfonamides is 2. The van der Waals surface area contributed by atoms with Crippen LogP contribution in [-0.2, 0) is 20.0 Å². The van der Waals surface area contributed by atoms with Crippen molar-refractivity contribution in [1.29, 1.82) is 0 Å². The van der Waals surface area contributed by atoms with Gasteiger partial charge in [0.05, 0.1) is 0 Å². The van der Waals surface area contributed by atoms with Gasteiger partial charge >= 0.3 is 225 Å². The number of benzene rings is 4. The van der Waals surface area contributed by atoms with Crippen molar-refractivity contribution in [1.82, 2.24) is 0 Å². The van der Waals surface area contributed by atoms with Gasteiger partial charge in [-0.2, -0.15) is 0 Å². The van der Waals surface area contributed by atoms with Crippen LogP contribution in [0.5, 0.6) is 0 Å². The average molecular weight is 642 g/mol. The van der Waals surface area contributed by atoms with Crippen molar-refractivity contribution < 1.29 is 16.8 Å². The molecule has 6 nitrogen and oxygen atoms in total. The molecular formula is C26H24As2N2O4S2. The SMILES string of the molecule is Cc1ccc(S(=O)(=O)Nc2ccc([As]=[As]c3ccc(NS(=O)(=O)c4ccc(C)cc4)cc3)cc2)cc1. The average Bonchev–Trinajstić information content (AvgIpc) is 2.85. The molecule has 0 aliphatic rings. The van der Waals surface area contributed by atoms with Crippen molar-refractivity contribution in [2.24, 2.45) is 0 Å². The third-order valence-electron chi connectivity index (χ3n) is 5.18. The van der Waals surface area contributed by atoms with E-state index in [1.807, 2.05) is 38.1 Å². The van der Waals surface area contributed by atoms with Crippen LogP contribution in [0.3, 0.4) is 0 Å². The van der Waals surface area contributed by atoms with Crippen molar-refractivity contribution >= 4 is 66.4 Å². The van der Waals surface area contributed by atoms with E-state index in [-0.39, 0.29) is 36.1 Å². The minimum absolute atomic E-state index is 0.0836. The van der Waals surface area contributed by atoms with Gasteiger partial charge in [0.15, 0.2) is 0 Å². The predicted molar refractivity (Wildman–Crippen MR) is 148 cm³/mol. The van der Waals surface area contributed by atoms with E-state index in [4.69, 9.17) is 0 Å². The van der Waals surface area contributed by atoms with E-state index in [9.17, 15) is 16.8 Å². The Morgan fingerprint density at radius 2 is 0.778 bits per heavy atom. The van der Waals surface area contributed by atoms with Gasteiger partial charge in [-0.05, 0) is 0 Å². The number of nitrogens with one attached hydrogen (secondary N) is 2. The van der Waals surface area contributed by atoms with E-state index in [1.54, 1.807) is 72.8 Å². The summed E-state index contributed by atoms with van der Waals surface area (Å²) in [6, 6.07) is 28.5. The van der Waals surface area contributed by atoms with Crippen molar-refractivity contribution in [2.45, 2.75) is 23.6 Å². The quantitative estimate of drug-likeness (QED) is 0.289. The molecule has 0 radical (unpaired) electrons. The number of hydrogen-bond donors (Lipinski definition) is 2. The molecule has 10 heteroatoms. The van der Waals surface area contributed by atoms with Crippen LogP contribution in [0.1, 0.15) is 11.1 Å².